The molecule has 18 heavy (non-hydrogen) atoms. The van der Waals surface area contributed by atoms with Gasteiger partial charge in [-0.15, -0.1) is 0 Å². The molecule has 1 aliphatic carbocycles. The molecule has 0 N–H and O–H groups in total. The Hall–Kier alpha value is -1.16. The molecule has 3 nitrogen and oxygen atoms in total. The lowest BCUT2D eigenvalue weighted by atomic mass is 10.1. The van der Waals surface area contributed by atoms with Gasteiger partial charge in [0.1, 0.15) is 6.29 Å². The molecular formula is C14H18O3S. The summed E-state index contributed by atoms with van der Waals surface area (Å²) in [6.45, 7) is 3.71. The van der Waals surface area contributed by atoms with Crippen LogP contribution < -0.4 is 0 Å². The Labute approximate surface area is 108 Å². The van der Waals surface area contributed by atoms with Crippen LogP contribution in [0.5, 0.6) is 0 Å². The van der Waals surface area contributed by atoms with Crippen LogP contribution in [0.2, 0.25) is 0 Å². The third kappa shape index (κ3) is 2.21. The highest BCUT2D eigenvalue weighted by atomic mass is 32.2. The topological polar surface area (TPSA) is 51.2 Å². The van der Waals surface area contributed by atoms with E-state index < -0.39 is 15.1 Å². The van der Waals surface area contributed by atoms with Gasteiger partial charge < -0.3 is 4.79 Å². The van der Waals surface area contributed by atoms with Crippen molar-refractivity contribution in [2.24, 2.45) is 5.92 Å². The fourth-order valence-corrected chi connectivity index (χ4v) is 4.30. The Bertz CT molecular complexity index is 531. The highest BCUT2D eigenvalue weighted by Crippen LogP contribution is 2.51. The fraction of sp³-hybridized carbons (Fsp3) is 0.500. The van der Waals surface area contributed by atoms with Crippen LogP contribution in [0.1, 0.15) is 30.9 Å². The first-order valence-electron chi connectivity index (χ1n) is 6.30. The van der Waals surface area contributed by atoms with E-state index in [2.05, 4.69) is 6.92 Å². The van der Waals surface area contributed by atoms with Crippen LogP contribution in [-0.2, 0) is 21.1 Å². The van der Waals surface area contributed by atoms with Crippen LogP contribution >= 0.6 is 0 Å². The summed E-state index contributed by atoms with van der Waals surface area (Å²) in [4.78, 5) is 11.0. The average molecular weight is 266 g/mol. The molecule has 0 bridgehead atoms. The van der Waals surface area contributed by atoms with Crippen LogP contribution in [0, 0.1) is 5.92 Å². The normalized spacial score (nSPS) is 26.9. The second kappa shape index (κ2) is 4.84. The van der Waals surface area contributed by atoms with E-state index in [-0.39, 0.29) is 17.6 Å². The van der Waals surface area contributed by atoms with Gasteiger partial charge >= 0.3 is 0 Å². The fourth-order valence-electron chi connectivity index (χ4n) is 2.51. The zero-order valence-corrected chi connectivity index (χ0v) is 11.5. The van der Waals surface area contributed by atoms with E-state index in [0.717, 1.165) is 18.3 Å². The van der Waals surface area contributed by atoms with Crippen molar-refractivity contribution < 1.29 is 13.2 Å². The number of aryl methyl sites for hydroxylation is 1. The lowest BCUT2D eigenvalue weighted by Crippen LogP contribution is -2.12. The van der Waals surface area contributed by atoms with E-state index >= 15 is 0 Å². The average Bonchev–Trinajstić information content (AvgIpc) is 3.14. The third-order valence-corrected chi connectivity index (χ3v) is 6.00. The highest BCUT2D eigenvalue weighted by Gasteiger charge is 2.57. The van der Waals surface area contributed by atoms with Gasteiger partial charge in [-0.2, -0.15) is 0 Å². The summed E-state index contributed by atoms with van der Waals surface area (Å²) in [5.41, 5.74) is 2.18. The largest absolute Gasteiger partial charge is 0.303 e. The van der Waals surface area contributed by atoms with E-state index in [0.29, 0.717) is 0 Å². The van der Waals surface area contributed by atoms with E-state index in [4.69, 9.17) is 0 Å². The predicted molar refractivity (Wildman–Crippen MR) is 71.4 cm³/mol. The Morgan fingerprint density at radius 1 is 1.17 bits per heavy atom. The number of carbonyl (C=O) groups excluding carboxylic acids is 1. The zero-order valence-electron chi connectivity index (χ0n) is 10.7. The SMILES string of the molecule is CCc1ccc([C@@H]2[C@@H](C=O)[C@H]2S(=O)(=O)CC)cc1. The maximum absolute atomic E-state index is 11.9. The molecule has 4 heteroatoms. The maximum atomic E-state index is 11.9. The van der Waals surface area contributed by atoms with E-state index in [1.165, 1.54) is 5.56 Å². The lowest BCUT2D eigenvalue weighted by Gasteiger charge is -2.02. The predicted octanol–water partition coefficient (Wildman–Crippen LogP) is 1.96. The molecule has 1 aromatic rings. The van der Waals surface area contributed by atoms with Gasteiger partial charge in [0.25, 0.3) is 0 Å². The summed E-state index contributed by atoms with van der Waals surface area (Å²) in [6, 6.07) is 7.91. The summed E-state index contributed by atoms with van der Waals surface area (Å²) in [7, 11) is -3.13. The highest BCUT2D eigenvalue weighted by molar-refractivity contribution is 7.92. The molecule has 1 aromatic carbocycles. The molecule has 98 valence electrons. The van der Waals surface area contributed by atoms with Gasteiger partial charge in [-0.3, -0.25) is 0 Å². The minimum absolute atomic E-state index is 0.103. The van der Waals surface area contributed by atoms with Crippen molar-refractivity contribution in [3.63, 3.8) is 0 Å². The van der Waals surface area contributed by atoms with Crippen molar-refractivity contribution in [3.8, 4) is 0 Å². The molecule has 0 amide bonds. The van der Waals surface area contributed by atoms with Crippen LogP contribution in [-0.4, -0.2) is 25.7 Å². The van der Waals surface area contributed by atoms with E-state index in [1.807, 2.05) is 24.3 Å². The summed E-state index contributed by atoms with van der Waals surface area (Å²) in [5.74, 6) is -0.397. The summed E-state index contributed by atoms with van der Waals surface area (Å²) in [5, 5.41) is -0.507. The van der Waals surface area contributed by atoms with Gasteiger partial charge in [-0.1, -0.05) is 38.1 Å². The second-order valence-corrected chi connectivity index (χ2v) is 7.20. The first-order valence-corrected chi connectivity index (χ1v) is 8.02. The first kappa shape index (κ1) is 13.3. The number of hydrogen-bond donors (Lipinski definition) is 0. The molecular weight excluding hydrogens is 248 g/mol. The van der Waals surface area contributed by atoms with Gasteiger partial charge in [0, 0.05) is 17.6 Å². The zero-order chi connectivity index (χ0) is 13.3. The van der Waals surface area contributed by atoms with E-state index in [1.54, 1.807) is 6.92 Å². The van der Waals surface area contributed by atoms with Gasteiger partial charge in [-0.05, 0) is 17.5 Å². The molecule has 0 heterocycles. The lowest BCUT2D eigenvalue weighted by molar-refractivity contribution is -0.108. The minimum atomic E-state index is -3.13. The van der Waals surface area contributed by atoms with Gasteiger partial charge in [0.05, 0.1) is 5.25 Å². The summed E-state index contributed by atoms with van der Waals surface area (Å²) < 4.78 is 23.8. The Balaban J connectivity index is 2.26. The van der Waals surface area contributed by atoms with Gasteiger partial charge in [0.15, 0.2) is 9.84 Å². The molecule has 1 saturated carbocycles. The standard InChI is InChI=1S/C14H18O3S/c1-3-10-5-7-11(8-6-10)13-12(9-15)14(13)18(16,17)4-2/h5-9,12-14H,3-4H2,1-2H3/t12-,13-,14-/m1/s1. The van der Waals surface area contributed by atoms with Crippen LogP contribution in [0.4, 0.5) is 0 Å². The van der Waals surface area contributed by atoms with Crippen molar-refractivity contribution in [1.82, 2.24) is 0 Å². The molecule has 1 aliphatic rings. The Kier molecular flexibility index (Phi) is 3.57. The van der Waals surface area contributed by atoms with Gasteiger partial charge in [0.2, 0.25) is 0 Å². The minimum Gasteiger partial charge on any atom is -0.303 e. The second-order valence-electron chi connectivity index (χ2n) is 4.75. The molecule has 3 atom stereocenters. The molecule has 2 rings (SSSR count). The molecule has 0 spiro atoms. The number of rotatable bonds is 5. The number of benzene rings is 1. The van der Waals surface area contributed by atoms with Crippen molar-refractivity contribution in [2.75, 3.05) is 5.75 Å². The monoisotopic (exact) mass is 266 g/mol. The van der Waals surface area contributed by atoms with Crippen molar-refractivity contribution >= 4 is 16.1 Å². The number of hydrogen-bond acceptors (Lipinski definition) is 3. The van der Waals surface area contributed by atoms with Crippen molar-refractivity contribution in [2.45, 2.75) is 31.4 Å². The molecule has 0 radical (unpaired) electrons. The Morgan fingerprint density at radius 3 is 2.22 bits per heavy atom. The molecule has 0 saturated heterocycles. The summed E-state index contributed by atoms with van der Waals surface area (Å²) in [6.07, 6.45) is 1.75. The number of sulfone groups is 1. The molecule has 0 aromatic heterocycles. The Morgan fingerprint density at radius 2 is 1.78 bits per heavy atom. The first-order chi connectivity index (χ1) is 8.55. The maximum Gasteiger partial charge on any atom is 0.154 e. The van der Waals surface area contributed by atoms with Crippen LogP contribution in [0.3, 0.4) is 0 Å². The van der Waals surface area contributed by atoms with E-state index in [9.17, 15) is 13.2 Å². The van der Waals surface area contributed by atoms with Crippen LogP contribution in [0.25, 0.3) is 0 Å². The van der Waals surface area contributed by atoms with Crippen molar-refractivity contribution in [3.05, 3.63) is 35.4 Å². The summed E-state index contributed by atoms with van der Waals surface area (Å²) >= 11 is 0. The van der Waals surface area contributed by atoms with Crippen molar-refractivity contribution in [1.29, 1.82) is 0 Å². The molecule has 0 aliphatic heterocycles. The molecule has 0 unspecified atom stereocenters. The number of carbonyl (C=O) groups is 1. The third-order valence-electron chi connectivity index (χ3n) is 3.75. The van der Waals surface area contributed by atoms with Gasteiger partial charge in [-0.25, -0.2) is 8.42 Å². The smallest absolute Gasteiger partial charge is 0.154 e. The number of aldehydes is 1. The van der Waals surface area contributed by atoms with Crippen LogP contribution in [0.15, 0.2) is 24.3 Å². The molecule has 1 fully saturated rings. The quantitative estimate of drug-likeness (QED) is 0.766.